The van der Waals surface area contributed by atoms with Crippen LogP contribution in [-0.4, -0.2) is 63.7 Å². The quantitative estimate of drug-likeness (QED) is 0.597. The fourth-order valence-corrected chi connectivity index (χ4v) is 4.26. The van der Waals surface area contributed by atoms with Crippen molar-refractivity contribution in [3.63, 3.8) is 0 Å². The Bertz CT molecular complexity index is 1390. The van der Waals surface area contributed by atoms with Crippen LogP contribution in [0, 0.1) is 6.92 Å². The number of amides is 1. The first-order chi connectivity index (χ1) is 15.9. The van der Waals surface area contributed by atoms with E-state index in [1.54, 1.807) is 30.3 Å². The van der Waals surface area contributed by atoms with Gasteiger partial charge in [0.15, 0.2) is 26.3 Å². The molecule has 1 aliphatic rings. The zero-order valence-electron chi connectivity index (χ0n) is 19.9. The minimum atomic E-state index is -3.39. The number of nitrogens with zero attached hydrogens (tertiary/aromatic N) is 5. The molecule has 4 heterocycles. The van der Waals surface area contributed by atoms with Crippen molar-refractivity contribution in [3.05, 3.63) is 48.2 Å². The molecule has 0 spiro atoms. The summed E-state index contributed by atoms with van der Waals surface area (Å²) in [5.41, 5.74) is 3.28. The van der Waals surface area contributed by atoms with Gasteiger partial charge in [0.25, 0.3) is 0 Å². The predicted molar refractivity (Wildman–Crippen MR) is 129 cm³/mol. The molecule has 0 fully saturated rings. The SMILES string of the molecule is Cc1nc(S(C)(=O)=O)ccc1Nc1nccn2c(C3=CCN(C(=O)OC(C)(C)C)CC3)cnc12. The van der Waals surface area contributed by atoms with Crippen molar-refractivity contribution in [1.82, 2.24) is 24.3 Å². The van der Waals surface area contributed by atoms with E-state index in [1.165, 1.54) is 6.07 Å². The highest BCUT2D eigenvalue weighted by Gasteiger charge is 2.25. The predicted octanol–water partition coefficient (Wildman–Crippen LogP) is 3.60. The lowest BCUT2D eigenvalue weighted by atomic mass is 10.1. The molecule has 0 saturated heterocycles. The first kappa shape index (κ1) is 23.7. The molecule has 34 heavy (non-hydrogen) atoms. The smallest absolute Gasteiger partial charge is 0.410 e. The van der Waals surface area contributed by atoms with Gasteiger partial charge in [0.2, 0.25) is 0 Å². The number of nitrogens with one attached hydrogen (secondary N) is 1. The lowest BCUT2D eigenvalue weighted by Crippen LogP contribution is -2.39. The number of sulfone groups is 1. The van der Waals surface area contributed by atoms with Gasteiger partial charge in [-0.05, 0) is 51.8 Å². The van der Waals surface area contributed by atoms with Crippen LogP contribution < -0.4 is 5.32 Å². The van der Waals surface area contributed by atoms with Gasteiger partial charge in [0.05, 0.1) is 23.3 Å². The minimum absolute atomic E-state index is 0.0227. The maximum atomic E-state index is 12.3. The molecule has 0 saturated carbocycles. The number of aryl methyl sites for hydroxylation is 1. The molecule has 180 valence electrons. The number of carbonyl (C=O) groups is 1. The second-order valence-corrected chi connectivity index (χ2v) is 11.2. The molecular weight excluding hydrogens is 456 g/mol. The maximum absolute atomic E-state index is 12.3. The third kappa shape index (κ3) is 5.04. The van der Waals surface area contributed by atoms with E-state index in [0.717, 1.165) is 17.5 Å². The van der Waals surface area contributed by atoms with E-state index in [-0.39, 0.29) is 11.1 Å². The van der Waals surface area contributed by atoms with Gasteiger partial charge in [-0.1, -0.05) is 6.08 Å². The van der Waals surface area contributed by atoms with Crippen molar-refractivity contribution >= 4 is 38.7 Å². The monoisotopic (exact) mass is 484 g/mol. The van der Waals surface area contributed by atoms with Crippen LogP contribution in [0.15, 0.2) is 41.8 Å². The average Bonchev–Trinajstić information content (AvgIpc) is 3.18. The van der Waals surface area contributed by atoms with Crippen LogP contribution in [0.3, 0.4) is 0 Å². The van der Waals surface area contributed by atoms with E-state index in [1.807, 2.05) is 37.4 Å². The Labute approximate surface area is 198 Å². The van der Waals surface area contributed by atoms with E-state index in [9.17, 15) is 13.2 Å². The Kier molecular flexibility index (Phi) is 6.07. The molecule has 1 amide bonds. The normalized spacial score (nSPS) is 14.7. The second kappa shape index (κ2) is 8.71. The van der Waals surface area contributed by atoms with Gasteiger partial charge in [0, 0.05) is 31.7 Å². The minimum Gasteiger partial charge on any atom is -0.444 e. The number of fused-ring (bicyclic) bond motifs is 1. The molecule has 0 aromatic carbocycles. The Morgan fingerprint density at radius 3 is 2.59 bits per heavy atom. The number of aromatic nitrogens is 4. The molecule has 0 radical (unpaired) electrons. The molecule has 4 rings (SSSR count). The second-order valence-electron chi connectivity index (χ2n) is 9.20. The van der Waals surface area contributed by atoms with Crippen LogP contribution >= 0.6 is 0 Å². The summed E-state index contributed by atoms with van der Waals surface area (Å²) in [6.45, 7) is 8.31. The van der Waals surface area contributed by atoms with Crippen molar-refractivity contribution in [2.24, 2.45) is 0 Å². The van der Waals surface area contributed by atoms with E-state index >= 15 is 0 Å². The van der Waals surface area contributed by atoms with Crippen molar-refractivity contribution in [1.29, 1.82) is 0 Å². The number of hydrogen-bond donors (Lipinski definition) is 1. The number of rotatable bonds is 4. The van der Waals surface area contributed by atoms with Crippen LogP contribution in [0.5, 0.6) is 0 Å². The van der Waals surface area contributed by atoms with Gasteiger partial charge in [-0.3, -0.25) is 4.40 Å². The Balaban J connectivity index is 1.57. The summed E-state index contributed by atoms with van der Waals surface area (Å²) in [6, 6.07) is 3.13. The van der Waals surface area contributed by atoms with E-state index in [4.69, 9.17) is 4.74 Å². The van der Waals surface area contributed by atoms with Crippen molar-refractivity contribution in [3.8, 4) is 0 Å². The first-order valence-electron chi connectivity index (χ1n) is 10.9. The molecule has 0 aliphatic carbocycles. The molecule has 10 nitrogen and oxygen atoms in total. The summed E-state index contributed by atoms with van der Waals surface area (Å²) in [5.74, 6) is 0.526. The molecule has 0 bridgehead atoms. The highest BCUT2D eigenvalue weighted by molar-refractivity contribution is 7.90. The summed E-state index contributed by atoms with van der Waals surface area (Å²) in [7, 11) is -3.39. The maximum Gasteiger partial charge on any atom is 0.410 e. The third-order valence-electron chi connectivity index (χ3n) is 5.31. The number of carbonyl (C=O) groups excluding carboxylic acids is 1. The molecule has 1 aliphatic heterocycles. The lowest BCUT2D eigenvalue weighted by molar-refractivity contribution is 0.0270. The molecule has 0 unspecified atom stereocenters. The van der Waals surface area contributed by atoms with Gasteiger partial charge >= 0.3 is 6.09 Å². The van der Waals surface area contributed by atoms with Crippen LogP contribution in [0.4, 0.5) is 16.3 Å². The fraction of sp³-hybridized carbons (Fsp3) is 0.391. The summed E-state index contributed by atoms with van der Waals surface area (Å²) >= 11 is 0. The highest BCUT2D eigenvalue weighted by Crippen LogP contribution is 2.27. The van der Waals surface area contributed by atoms with Gasteiger partial charge in [-0.2, -0.15) is 0 Å². The summed E-state index contributed by atoms with van der Waals surface area (Å²) < 4.78 is 30.9. The first-order valence-corrected chi connectivity index (χ1v) is 12.8. The molecule has 3 aromatic heterocycles. The lowest BCUT2D eigenvalue weighted by Gasteiger charge is -2.29. The van der Waals surface area contributed by atoms with Crippen molar-refractivity contribution < 1.29 is 17.9 Å². The summed E-state index contributed by atoms with van der Waals surface area (Å²) in [6.07, 6.45) is 8.79. The zero-order chi connectivity index (χ0) is 24.7. The van der Waals surface area contributed by atoms with Gasteiger partial charge < -0.3 is 15.0 Å². The topological polar surface area (TPSA) is 119 Å². The number of ether oxygens (including phenoxy) is 1. The molecule has 0 atom stereocenters. The fourth-order valence-electron chi connectivity index (χ4n) is 3.64. The Hall–Kier alpha value is -3.47. The standard InChI is InChI=1S/C23H28N6O4S/c1-15-17(6-7-19(26-15)34(5,31)32)27-20-21-25-14-18(29(21)13-10-24-20)16-8-11-28(12-9-16)22(30)33-23(2,3)4/h6-8,10,13-14H,9,11-12H2,1-5H3,(H,24,27). The summed E-state index contributed by atoms with van der Waals surface area (Å²) in [5, 5.41) is 3.24. The van der Waals surface area contributed by atoms with Crippen LogP contribution in [0.25, 0.3) is 11.2 Å². The van der Waals surface area contributed by atoms with Crippen molar-refractivity contribution in [2.45, 2.75) is 44.7 Å². The molecule has 1 N–H and O–H groups in total. The van der Waals surface area contributed by atoms with Gasteiger partial charge in [-0.25, -0.2) is 28.2 Å². The summed E-state index contributed by atoms with van der Waals surface area (Å²) in [4.78, 5) is 27.2. The van der Waals surface area contributed by atoms with E-state index in [2.05, 4.69) is 20.3 Å². The molecule has 3 aromatic rings. The zero-order valence-corrected chi connectivity index (χ0v) is 20.7. The third-order valence-corrected chi connectivity index (χ3v) is 6.30. The van der Waals surface area contributed by atoms with Crippen LogP contribution in [0.1, 0.15) is 38.6 Å². The number of imidazole rings is 1. The Morgan fingerprint density at radius 1 is 1.21 bits per heavy atom. The van der Waals surface area contributed by atoms with Gasteiger partial charge in [-0.15, -0.1) is 0 Å². The van der Waals surface area contributed by atoms with E-state index in [0.29, 0.717) is 42.4 Å². The average molecular weight is 485 g/mol. The molecule has 11 heteroatoms. The molecular formula is C23H28N6O4S. The van der Waals surface area contributed by atoms with Crippen molar-refractivity contribution in [2.75, 3.05) is 24.7 Å². The van der Waals surface area contributed by atoms with Crippen LogP contribution in [0.2, 0.25) is 0 Å². The largest absolute Gasteiger partial charge is 0.444 e. The van der Waals surface area contributed by atoms with E-state index < -0.39 is 15.4 Å². The highest BCUT2D eigenvalue weighted by atomic mass is 32.2. The van der Waals surface area contributed by atoms with Crippen LogP contribution in [-0.2, 0) is 14.6 Å². The number of pyridine rings is 1. The number of anilines is 2. The number of hydrogen-bond acceptors (Lipinski definition) is 8. The Morgan fingerprint density at radius 2 is 1.97 bits per heavy atom. The van der Waals surface area contributed by atoms with Gasteiger partial charge in [0.1, 0.15) is 5.60 Å².